The number of halogens is 3. The first kappa shape index (κ1) is 14.2. The van der Waals surface area contributed by atoms with Crippen LogP contribution in [0.4, 0.5) is 10.1 Å². The van der Waals surface area contributed by atoms with E-state index >= 15 is 0 Å². The average molecular weight is 298 g/mol. The molecule has 19 heavy (non-hydrogen) atoms. The summed E-state index contributed by atoms with van der Waals surface area (Å²) in [5.74, 6) is -0.411. The van der Waals surface area contributed by atoms with Gasteiger partial charge in [0.25, 0.3) is 0 Å². The molecule has 1 N–H and O–H groups in total. The van der Waals surface area contributed by atoms with Crippen LogP contribution in [0.2, 0.25) is 10.0 Å². The summed E-state index contributed by atoms with van der Waals surface area (Å²) in [5.41, 5.74) is 2.86. The maximum absolute atomic E-state index is 13.1. The minimum atomic E-state index is -0.411. The summed E-state index contributed by atoms with van der Waals surface area (Å²) in [7, 11) is 0. The van der Waals surface area contributed by atoms with Crippen molar-refractivity contribution in [1.29, 1.82) is 0 Å². The van der Waals surface area contributed by atoms with Crippen molar-refractivity contribution in [3.05, 3.63) is 63.4 Å². The molecule has 1 nitrogen and oxygen atoms in total. The maximum Gasteiger partial charge on any atom is 0.141 e. The van der Waals surface area contributed by atoms with Crippen LogP contribution in [0, 0.1) is 12.7 Å². The van der Waals surface area contributed by atoms with E-state index in [9.17, 15) is 4.39 Å². The van der Waals surface area contributed by atoms with Gasteiger partial charge in [-0.2, -0.15) is 0 Å². The molecule has 1 atom stereocenters. The molecular formula is C15H14Cl2FN. The van der Waals surface area contributed by atoms with Gasteiger partial charge in [0.2, 0.25) is 0 Å². The second-order valence-corrected chi connectivity index (χ2v) is 5.34. The summed E-state index contributed by atoms with van der Waals surface area (Å²) in [5, 5.41) is 4.08. The number of aryl methyl sites for hydroxylation is 1. The average Bonchev–Trinajstić information content (AvgIpc) is 2.36. The lowest BCUT2D eigenvalue weighted by Crippen LogP contribution is -2.07. The van der Waals surface area contributed by atoms with E-state index in [0.717, 1.165) is 16.8 Å². The first-order valence-corrected chi connectivity index (χ1v) is 6.70. The Morgan fingerprint density at radius 2 is 1.79 bits per heavy atom. The lowest BCUT2D eigenvalue weighted by molar-refractivity contribution is 0.627. The van der Waals surface area contributed by atoms with Crippen molar-refractivity contribution in [2.75, 3.05) is 5.32 Å². The molecule has 0 spiro atoms. The van der Waals surface area contributed by atoms with E-state index in [0.29, 0.717) is 5.02 Å². The zero-order valence-electron chi connectivity index (χ0n) is 10.7. The smallest absolute Gasteiger partial charge is 0.141 e. The second-order valence-electron chi connectivity index (χ2n) is 4.52. The Morgan fingerprint density at radius 3 is 2.42 bits per heavy atom. The standard InChI is InChI=1S/C15H14Cl2FN/c1-9-3-6-15(13(17)7-9)19-10(2)11-4-5-14(18)12(16)8-11/h3-8,10,19H,1-2H3. The topological polar surface area (TPSA) is 12.0 Å². The van der Waals surface area contributed by atoms with Gasteiger partial charge in [-0.3, -0.25) is 0 Å². The minimum absolute atomic E-state index is 0.0155. The molecule has 0 aliphatic carbocycles. The Labute approximate surface area is 122 Å². The molecule has 0 saturated heterocycles. The van der Waals surface area contributed by atoms with Gasteiger partial charge in [0, 0.05) is 6.04 Å². The number of anilines is 1. The lowest BCUT2D eigenvalue weighted by atomic mass is 10.1. The molecular weight excluding hydrogens is 284 g/mol. The van der Waals surface area contributed by atoms with E-state index < -0.39 is 5.82 Å². The predicted molar refractivity (Wildman–Crippen MR) is 79.6 cm³/mol. The van der Waals surface area contributed by atoms with Crippen molar-refractivity contribution in [1.82, 2.24) is 0 Å². The molecule has 0 fully saturated rings. The van der Waals surface area contributed by atoms with Crippen LogP contribution in [0.25, 0.3) is 0 Å². The molecule has 0 radical (unpaired) electrons. The summed E-state index contributed by atoms with van der Waals surface area (Å²) in [6.45, 7) is 3.96. The second kappa shape index (κ2) is 5.81. The van der Waals surface area contributed by atoms with Crippen LogP contribution in [0.15, 0.2) is 36.4 Å². The monoisotopic (exact) mass is 297 g/mol. The third-order valence-electron chi connectivity index (χ3n) is 2.94. The number of hydrogen-bond acceptors (Lipinski definition) is 1. The normalized spacial score (nSPS) is 12.3. The van der Waals surface area contributed by atoms with Gasteiger partial charge in [-0.15, -0.1) is 0 Å². The molecule has 0 saturated carbocycles. The van der Waals surface area contributed by atoms with Crippen LogP contribution in [-0.2, 0) is 0 Å². The molecule has 2 aromatic rings. The van der Waals surface area contributed by atoms with Gasteiger partial charge in [-0.25, -0.2) is 4.39 Å². The highest BCUT2D eigenvalue weighted by atomic mass is 35.5. The maximum atomic E-state index is 13.1. The number of nitrogens with one attached hydrogen (secondary N) is 1. The summed E-state index contributed by atoms with van der Waals surface area (Å²) in [6.07, 6.45) is 0. The number of benzene rings is 2. The van der Waals surface area contributed by atoms with E-state index in [1.54, 1.807) is 12.1 Å². The van der Waals surface area contributed by atoms with Crippen molar-refractivity contribution >= 4 is 28.9 Å². The van der Waals surface area contributed by atoms with E-state index in [-0.39, 0.29) is 11.1 Å². The van der Waals surface area contributed by atoms with Crippen LogP contribution in [0.1, 0.15) is 24.1 Å². The molecule has 2 rings (SSSR count). The third kappa shape index (κ3) is 3.40. The fourth-order valence-electron chi connectivity index (χ4n) is 1.84. The summed E-state index contributed by atoms with van der Waals surface area (Å²) < 4.78 is 13.1. The van der Waals surface area contributed by atoms with Gasteiger partial charge in [-0.05, 0) is 49.2 Å². The zero-order chi connectivity index (χ0) is 14.0. The molecule has 0 aliphatic heterocycles. The first-order chi connectivity index (χ1) is 8.97. The predicted octanol–water partition coefficient (Wildman–Crippen LogP) is 5.61. The fraction of sp³-hybridized carbons (Fsp3) is 0.200. The van der Waals surface area contributed by atoms with Crippen molar-refractivity contribution in [3.8, 4) is 0 Å². The first-order valence-electron chi connectivity index (χ1n) is 5.95. The van der Waals surface area contributed by atoms with Crippen LogP contribution < -0.4 is 5.32 Å². The highest BCUT2D eigenvalue weighted by molar-refractivity contribution is 6.33. The fourth-order valence-corrected chi connectivity index (χ4v) is 2.31. The SMILES string of the molecule is Cc1ccc(NC(C)c2ccc(F)c(Cl)c2)c(Cl)c1. The van der Waals surface area contributed by atoms with Crippen LogP contribution >= 0.6 is 23.2 Å². The van der Waals surface area contributed by atoms with E-state index in [1.165, 1.54) is 6.07 Å². The lowest BCUT2D eigenvalue weighted by Gasteiger charge is -2.17. The molecule has 0 aliphatic rings. The summed E-state index contributed by atoms with van der Waals surface area (Å²) in [4.78, 5) is 0. The van der Waals surface area contributed by atoms with Crippen LogP contribution in [0.5, 0.6) is 0 Å². The van der Waals surface area contributed by atoms with Gasteiger partial charge < -0.3 is 5.32 Å². The van der Waals surface area contributed by atoms with Crippen molar-refractivity contribution < 1.29 is 4.39 Å². The van der Waals surface area contributed by atoms with Gasteiger partial charge in [0.1, 0.15) is 5.82 Å². The summed E-state index contributed by atoms with van der Waals surface area (Å²) in [6, 6.07) is 10.5. The van der Waals surface area contributed by atoms with Crippen LogP contribution in [0.3, 0.4) is 0 Å². The molecule has 1 unspecified atom stereocenters. The van der Waals surface area contributed by atoms with Gasteiger partial charge in [-0.1, -0.05) is 35.3 Å². The Morgan fingerprint density at radius 1 is 1.05 bits per heavy atom. The molecule has 0 amide bonds. The molecule has 4 heteroatoms. The van der Waals surface area contributed by atoms with Crippen molar-refractivity contribution in [2.24, 2.45) is 0 Å². The Bertz CT molecular complexity index is 599. The molecule has 0 aromatic heterocycles. The van der Waals surface area contributed by atoms with Crippen molar-refractivity contribution in [2.45, 2.75) is 19.9 Å². The Kier molecular flexibility index (Phi) is 4.33. The molecule has 2 aromatic carbocycles. The largest absolute Gasteiger partial charge is 0.377 e. The molecule has 0 heterocycles. The number of hydrogen-bond donors (Lipinski definition) is 1. The highest BCUT2D eigenvalue weighted by Gasteiger charge is 2.10. The van der Waals surface area contributed by atoms with Gasteiger partial charge in [0.15, 0.2) is 0 Å². The molecule has 100 valence electrons. The van der Waals surface area contributed by atoms with E-state index in [1.807, 2.05) is 32.0 Å². The van der Waals surface area contributed by atoms with Gasteiger partial charge >= 0.3 is 0 Å². The Hall–Kier alpha value is -1.25. The quantitative estimate of drug-likeness (QED) is 0.776. The summed E-state index contributed by atoms with van der Waals surface area (Å²) >= 11 is 12.0. The zero-order valence-corrected chi connectivity index (χ0v) is 12.2. The third-order valence-corrected chi connectivity index (χ3v) is 3.54. The molecule has 0 bridgehead atoms. The van der Waals surface area contributed by atoms with Crippen molar-refractivity contribution in [3.63, 3.8) is 0 Å². The highest BCUT2D eigenvalue weighted by Crippen LogP contribution is 2.28. The van der Waals surface area contributed by atoms with E-state index in [4.69, 9.17) is 23.2 Å². The number of rotatable bonds is 3. The van der Waals surface area contributed by atoms with E-state index in [2.05, 4.69) is 5.32 Å². The minimum Gasteiger partial charge on any atom is -0.377 e. The van der Waals surface area contributed by atoms with Gasteiger partial charge in [0.05, 0.1) is 15.7 Å². The van der Waals surface area contributed by atoms with Crippen LogP contribution in [-0.4, -0.2) is 0 Å². The Balaban J connectivity index is 2.20.